The predicted octanol–water partition coefficient (Wildman–Crippen LogP) is 2.20. The number of nitrogens with two attached hydrogens (primary N) is 1. The summed E-state index contributed by atoms with van der Waals surface area (Å²) in [6.07, 6.45) is 2.05. The quantitative estimate of drug-likeness (QED) is 0.620. The summed E-state index contributed by atoms with van der Waals surface area (Å²) in [5.41, 5.74) is 6.27. The largest absolute Gasteiger partial charge is 0.465 e. The number of hydrogen-bond donors (Lipinski definition) is 2. The van der Waals surface area contributed by atoms with Crippen LogP contribution in [-0.4, -0.2) is 19.6 Å². The smallest absolute Gasteiger partial charge is 0.350 e. The van der Waals surface area contributed by atoms with Gasteiger partial charge in [0.15, 0.2) is 0 Å². The van der Waals surface area contributed by atoms with Crippen molar-refractivity contribution in [1.82, 2.24) is 0 Å². The minimum atomic E-state index is -0.507. The zero-order valence-electron chi connectivity index (χ0n) is 9.87. The van der Waals surface area contributed by atoms with Gasteiger partial charge in [-0.15, -0.1) is 11.3 Å². The Kier molecular flexibility index (Phi) is 4.79. The molecule has 0 fully saturated rings. The topological polar surface area (TPSA) is 88.1 Å². The van der Waals surface area contributed by atoms with Crippen molar-refractivity contribution in [2.75, 3.05) is 24.7 Å². The normalized spacial score (nSPS) is 9.71. The fourth-order valence-electron chi connectivity index (χ4n) is 1.30. The van der Waals surface area contributed by atoms with E-state index in [0.29, 0.717) is 10.6 Å². The Morgan fingerprint density at radius 1 is 1.65 bits per heavy atom. The van der Waals surface area contributed by atoms with E-state index < -0.39 is 5.97 Å². The third kappa shape index (κ3) is 2.88. The number of methoxy groups -OCH3 is 1. The number of esters is 1. The highest BCUT2D eigenvalue weighted by Crippen LogP contribution is 2.35. The van der Waals surface area contributed by atoms with Crippen LogP contribution in [0.5, 0.6) is 0 Å². The van der Waals surface area contributed by atoms with Gasteiger partial charge in [-0.3, -0.25) is 0 Å². The first kappa shape index (κ1) is 13.3. The van der Waals surface area contributed by atoms with Gasteiger partial charge in [-0.05, 0) is 6.42 Å². The minimum Gasteiger partial charge on any atom is -0.465 e. The number of unbranched alkanes of at least 4 members (excludes halogenated alkanes) is 1. The number of thiophene rings is 1. The molecule has 0 saturated carbocycles. The second kappa shape index (κ2) is 6.11. The van der Waals surface area contributed by atoms with Crippen LogP contribution in [0.2, 0.25) is 0 Å². The van der Waals surface area contributed by atoms with Crippen molar-refractivity contribution >= 4 is 28.0 Å². The van der Waals surface area contributed by atoms with Crippen LogP contribution >= 0.6 is 11.3 Å². The van der Waals surface area contributed by atoms with Crippen LogP contribution in [0.1, 0.15) is 35.0 Å². The summed E-state index contributed by atoms with van der Waals surface area (Å²) in [7, 11) is 1.29. The Bertz CT molecular complexity index is 448. The van der Waals surface area contributed by atoms with Crippen LogP contribution in [0.15, 0.2) is 0 Å². The van der Waals surface area contributed by atoms with Crippen LogP contribution in [-0.2, 0) is 4.74 Å². The molecule has 0 spiro atoms. The molecule has 0 aliphatic carbocycles. The van der Waals surface area contributed by atoms with E-state index in [4.69, 9.17) is 11.0 Å². The first-order valence-electron chi connectivity index (χ1n) is 5.30. The zero-order valence-corrected chi connectivity index (χ0v) is 10.7. The highest BCUT2D eigenvalue weighted by molar-refractivity contribution is 7.18. The molecular formula is C11H15N3O2S. The predicted molar refractivity (Wildman–Crippen MR) is 68.2 cm³/mol. The molecule has 0 radical (unpaired) electrons. The fourth-order valence-corrected chi connectivity index (χ4v) is 2.32. The summed E-state index contributed by atoms with van der Waals surface area (Å²) in [6, 6.07) is 2.01. The van der Waals surface area contributed by atoms with Gasteiger partial charge in [0.1, 0.15) is 21.5 Å². The van der Waals surface area contributed by atoms with E-state index in [1.54, 1.807) is 0 Å². The Morgan fingerprint density at radius 2 is 2.35 bits per heavy atom. The van der Waals surface area contributed by atoms with Crippen molar-refractivity contribution in [2.45, 2.75) is 19.8 Å². The first-order valence-corrected chi connectivity index (χ1v) is 6.11. The van der Waals surface area contributed by atoms with E-state index in [9.17, 15) is 4.79 Å². The number of hydrogen-bond acceptors (Lipinski definition) is 6. The number of ether oxygens (including phenoxy) is 1. The van der Waals surface area contributed by atoms with Gasteiger partial charge in [-0.2, -0.15) is 5.26 Å². The lowest BCUT2D eigenvalue weighted by atomic mass is 10.2. The second-order valence-corrected chi connectivity index (χ2v) is 4.45. The summed E-state index contributed by atoms with van der Waals surface area (Å²) >= 11 is 1.16. The Labute approximate surface area is 104 Å². The number of nitrogens with zero attached hydrogens (tertiary/aromatic N) is 1. The maximum Gasteiger partial charge on any atom is 0.350 e. The number of carbonyl (C=O) groups excluding carboxylic acids is 1. The van der Waals surface area contributed by atoms with Crippen molar-refractivity contribution in [1.29, 1.82) is 5.26 Å². The van der Waals surface area contributed by atoms with Gasteiger partial charge < -0.3 is 15.8 Å². The molecule has 0 aromatic carbocycles. The van der Waals surface area contributed by atoms with E-state index in [0.717, 1.165) is 30.7 Å². The van der Waals surface area contributed by atoms with Crippen molar-refractivity contribution in [2.24, 2.45) is 0 Å². The highest BCUT2D eigenvalue weighted by atomic mass is 32.1. The standard InChI is InChI=1S/C11H15N3O2S/c1-3-4-5-14-10-7(6-12)8(13)9(17-10)11(15)16-2/h14H,3-5,13H2,1-2H3. The SMILES string of the molecule is CCCCNc1sc(C(=O)OC)c(N)c1C#N. The number of anilines is 2. The second-order valence-electron chi connectivity index (χ2n) is 3.43. The summed E-state index contributed by atoms with van der Waals surface area (Å²) in [6.45, 7) is 2.83. The Balaban J connectivity index is 2.98. The molecule has 1 aromatic heterocycles. The average Bonchev–Trinajstić information content (AvgIpc) is 2.65. The molecule has 3 N–H and O–H groups in total. The summed E-state index contributed by atoms with van der Waals surface area (Å²) in [4.78, 5) is 11.7. The lowest BCUT2D eigenvalue weighted by Gasteiger charge is -2.01. The third-order valence-electron chi connectivity index (χ3n) is 2.24. The van der Waals surface area contributed by atoms with Gasteiger partial charge in [-0.1, -0.05) is 13.3 Å². The molecule has 6 heteroatoms. The zero-order chi connectivity index (χ0) is 12.8. The highest BCUT2D eigenvalue weighted by Gasteiger charge is 2.21. The van der Waals surface area contributed by atoms with Crippen molar-refractivity contribution in [3.63, 3.8) is 0 Å². The van der Waals surface area contributed by atoms with Gasteiger partial charge in [0.2, 0.25) is 0 Å². The fraction of sp³-hybridized carbons (Fsp3) is 0.455. The maximum absolute atomic E-state index is 11.4. The van der Waals surface area contributed by atoms with Crippen LogP contribution in [0, 0.1) is 11.3 Å². The van der Waals surface area contributed by atoms with E-state index in [1.807, 2.05) is 6.07 Å². The first-order chi connectivity index (χ1) is 8.15. The van der Waals surface area contributed by atoms with Gasteiger partial charge in [-0.25, -0.2) is 4.79 Å². The average molecular weight is 253 g/mol. The van der Waals surface area contributed by atoms with Crippen LogP contribution in [0.4, 0.5) is 10.7 Å². The van der Waals surface area contributed by atoms with Gasteiger partial charge in [0, 0.05) is 6.54 Å². The number of nitriles is 1. The van der Waals surface area contributed by atoms with E-state index in [2.05, 4.69) is 17.0 Å². The molecule has 5 nitrogen and oxygen atoms in total. The third-order valence-corrected chi connectivity index (χ3v) is 3.39. The van der Waals surface area contributed by atoms with Crippen molar-refractivity contribution in [3.8, 4) is 6.07 Å². The Morgan fingerprint density at radius 3 is 2.88 bits per heavy atom. The molecule has 1 heterocycles. The minimum absolute atomic E-state index is 0.198. The van der Waals surface area contributed by atoms with Crippen molar-refractivity contribution < 1.29 is 9.53 Å². The van der Waals surface area contributed by atoms with Crippen molar-refractivity contribution in [3.05, 3.63) is 10.4 Å². The Hall–Kier alpha value is -1.74. The molecule has 0 unspecified atom stereocenters. The lowest BCUT2D eigenvalue weighted by molar-refractivity contribution is 0.0607. The van der Waals surface area contributed by atoms with E-state index >= 15 is 0 Å². The van der Waals surface area contributed by atoms with E-state index in [-0.39, 0.29) is 10.6 Å². The molecule has 0 saturated heterocycles. The molecule has 0 aliphatic rings. The molecule has 17 heavy (non-hydrogen) atoms. The number of nitrogens with one attached hydrogen (secondary N) is 1. The lowest BCUT2D eigenvalue weighted by Crippen LogP contribution is -2.02. The molecular weight excluding hydrogens is 238 g/mol. The summed E-state index contributed by atoms with van der Waals surface area (Å²) in [5, 5.41) is 12.8. The molecule has 0 amide bonds. The van der Waals surface area contributed by atoms with Crippen LogP contribution in [0.3, 0.4) is 0 Å². The number of rotatable bonds is 5. The monoisotopic (exact) mass is 253 g/mol. The molecule has 0 atom stereocenters. The van der Waals surface area contributed by atoms with Crippen LogP contribution in [0.25, 0.3) is 0 Å². The summed E-state index contributed by atoms with van der Waals surface area (Å²) < 4.78 is 4.61. The maximum atomic E-state index is 11.4. The molecule has 1 aromatic rings. The number of carbonyl (C=O) groups is 1. The van der Waals surface area contributed by atoms with Crippen LogP contribution < -0.4 is 11.1 Å². The van der Waals surface area contributed by atoms with Gasteiger partial charge in [0.25, 0.3) is 0 Å². The molecule has 92 valence electrons. The molecule has 0 bridgehead atoms. The molecule has 0 aliphatic heterocycles. The number of nitrogen functional groups attached to an aromatic ring is 1. The van der Waals surface area contributed by atoms with Gasteiger partial charge in [0.05, 0.1) is 12.8 Å². The molecule has 1 rings (SSSR count). The van der Waals surface area contributed by atoms with Gasteiger partial charge >= 0.3 is 5.97 Å². The summed E-state index contributed by atoms with van der Waals surface area (Å²) in [5.74, 6) is -0.507. The van der Waals surface area contributed by atoms with E-state index in [1.165, 1.54) is 7.11 Å².